The van der Waals surface area contributed by atoms with Crippen LogP contribution in [0.25, 0.3) is 0 Å². The van der Waals surface area contributed by atoms with Crippen LogP contribution >= 0.6 is 0 Å². The molecule has 2 N–H and O–H groups in total. The molecule has 19 heavy (non-hydrogen) atoms. The van der Waals surface area contributed by atoms with Crippen molar-refractivity contribution in [3.63, 3.8) is 0 Å². The van der Waals surface area contributed by atoms with Crippen LogP contribution in [0.15, 0.2) is 36.4 Å². The van der Waals surface area contributed by atoms with Gasteiger partial charge >= 0.3 is 5.97 Å². The predicted molar refractivity (Wildman–Crippen MR) is 69.8 cm³/mol. The maximum Gasteiger partial charge on any atom is 0.323 e. The van der Waals surface area contributed by atoms with Gasteiger partial charge in [-0.3, -0.25) is 9.63 Å². The van der Waals surface area contributed by atoms with E-state index in [2.05, 4.69) is 5.48 Å². The monoisotopic (exact) mass is 263 g/mol. The van der Waals surface area contributed by atoms with Crippen LogP contribution < -0.4 is 5.48 Å². The lowest BCUT2D eigenvalue weighted by Gasteiger charge is -2.19. The molecule has 0 spiro atoms. The second-order valence-corrected chi connectivity index (χ2v) is 4.06. The molecule has 0 aliphatic rings. The van der Waals surface area contributed by atoms with Gasteiger partial charge in [-0.25, -0.2) is 4.79 Å². The van der Waals surface area contributed by atoms with Crippen LogP contribution in [0.1, 0.15) is 18.9 Å². The SMILES string of the molecule is CC[C@H](C=C=O)[C@H](NOCc1ccccc1)C(=O)O. The minimum atomic E-state index is -1.06. The first kappa shape index (κ1) is 15.1. The minimum absolute atomic E-state index is 0.256. The average Bonchev–Trinajstić information content (AvgIpc) is 2.42. The molecule has 1 rings (SSSR count). The Morgan fingerprint density at radius 3 is 2.68 bits per heavy atom. The van der Waals surface area contributed by atoms with Crippen LogP contribution in [-0.4, -0.2) is 23.1 Å². The first-order valence-corrected chi connectivity index (χ1v) is 6.04. The minimum Gasteiger partial charge on any atom is -0.480 e. The Balaban J connectivity index is 2.55. The molecule has 0 aliphatic carbocycles. The van der Waals surface area contributed by atoms with Crippen molar-refractivity contribution in [1.29, 1.82) is 0 Å². The Labute approximate surface area is 111 Å². The third kappa shape index (κ3) is 5.06. The number of hydrogen-bond acceptors (Lipinski definition) is 4. The molecular weight excluding hydrogens is 246 g/mol. The predicted octanol–water partition coefficient (Wildman–Crippen LogP) is 1.57. The van der Waals surface area contributed by atoms with Crippen LogP contribution in [0.2, 0.25) is 0 Å². The summed E-state index contributed by atoms with van der Waals surface area (Å²) < 4.78 is 0. The van der Waals surface area contributed by atoms with Crippen LogP contribution in [0, 0.1) is 5.92 Å². The Kier molecular flexibility index (Phi) is 6.53. The van der Waals surface area contributed by atoms with Crippen LogP contribution in [-0.2, 0) is 21.0 Å². The van der Waals surface area contributed by atoms with Crippen LogP contribution in [0.4, 0.5) is 0 Å². The summed E-state index contributed by atoms with van der Waals surface area (Å²) in [6.45, 7) is 2.05. The van der Waals surface area contributed by atoms with Gasteiger partial charge in [0.1, 0.15) is 12.0 Å². The molecule has 0 heterocycles. The third-order valence-corrected chi connectivity index (χ3v) is 2.74. The lowest BCUT2D eigenvalue weighted by molar-refractivity contribution is -0.146. The number of nitrogens with one attached hydrogen (secondary N) is 1. The van der Waals surface area contributed by atoms with Crippen molar-refractivity contribution in [1.82, 2.24) is 5.48 Å². The first-order valence-electron chi connectivity index (χ1n) is 6.04. The number of hydroxylamine groups is 1. The molecule has 5 nitrogen and oxygen atoms in total. The lowest BCUT2D eigenvalue weighted by atomic mass is 9.98. The van der Waals surface area contributed by atoms with Crippen LogP contribution in [0.3, 0.4) is 0 Å². The Bertz CT molecular complexity index is 440. The van der Waals surface area contributed by atoms with Gasteiger partial charge in [-0.05, 0) is 12.0 Å². The third-order valence-electron chi connectivity index (χ3n) is 2.74. The van der Waals surface area contributed by atoms with E-state index in [0.717, 1.165) is 5.56 Å². The molecule has 1 aromatic rings. The quantitative estimate of drug-likeness (QED) is 0.550. The zero-order chi connectivity index (χ0) is 14.1. The van der Waals surface area contributed by atoms with E-state index in [1.807, 2.05) is 30.3 Å². The van der Waals surface area contributed by atoms with E-state index < -0.39 is 17.9 Å². The second kappa shape index (κ2) is 8.21. The highest BCUT2D eigenvalue weighted by Crippen LogP contribution is 2.10. The molecule has 0 fully saturated rings. The smallest absolute Gasteiger partial charge is 0.323 e. The maximum absolute atomic E-state index is 11.1. The molecule has 0 unspecified atom stereocenters. The lowest BCUT2D eigenvalue weighted by Crippen LogP contribution is -2.42. The molecule has 0 aromatic heterocycles. The summed E-state index contributed by atoms with van der Waals surface area (Å²) in [6, 6.07) is 8.42. The van der Waals surface area contributed by atoms with Gasteiger partial charge in [0.2, 0.25) is 0 Å². The summed E-state index contributed by atoms with van der Waals surface area (Å²) >= 11 is 0. The second-order valence-electron chi connectivity index (χ2n) is 4.06. The van der Waals surface area contributed by atoms with Crippen molar-refractivity contribution in [2.45, 2.75) is 26.0 Å². The number of carboxylic acids is 1. The number of carbonyl (C=O) groups is 1. The van der Waals surface area contributed by atoms with E-state index >= 15 is 0 Å². The van der Waals surface area contributed by atoms with Crippen molar-refractivity contribution >= 4 is 11.9 Å². The van der Waals surface area contributed by atoms with Crippen molar-refractivity contribution in [2.75, 3.05) is 0 Å². The van der Waals surface area contributed by atoms with E-state index in [1.54, 1.807) is 12.9 Å². The van der Waals surface area contributed by atoms with Gasteiger partial charge in [-0.15, -0.1) is 0 Å². The largest absolute Gasteiger partial charge is 0.480 e. The molecule has 5 heteroatoms. The molecular formula is C14H17NO4. The highest BCUT2D eigenvalue weighted by Gasteiger charge is 2.25. The number of benzene rings is 1. The van der Waals surface area contributed by atoms with Gasteiger partial charge in [-0.2, -0.15) is 5.48 Å². The normalized spacial score (nSPS) is 13.3. The molecule has 0 amide bonds. The average molecular weight is 263 g/mol. The van der Waals surface area contributed by atoms with Gasteiger partial charge in [-0.1, -0.05) is 37.3 Å². The molecule has 0 bridgehead atoms. The Hall–Kier alpha value is -1.94. The zero-order valence-corrected chi connectivity index (χ0v) is 10.7. The van der Waals surface area contributed by atoms with Crippen LogP contribution in [0.5, 0.6) is 0 Å². The molecule has 2 atom stereocenters. The molecule has 0 radical (unpaired) electrons. The Morgan fingerprint density at radius 2 is 2.16 bits per heavy atom. The fourth-order valence-corrected chi connectivity index (χ4v) is 1.65. The standard InChI is InChI=1S/C14H17NO4/c1-2-12(8-9-16)13(14(17)18)15-19-10-11-6-4-3-5-7-11/h3-8,12-13,15H,2,10H2,1H3,(H,17,18)/t12-,13+/m1/s1. The number of carbonyl (C=O) groups excluding carboxylic acids is 1. The zero-order valence-electron chi connectivity index (χ0n) is 10.7. The van der Waals surface area contributed by atoms with E-state index in [-0.39, 0.29) is 6.61 Å². The number of carboxylic acid groups (broad SMARTS) is 1. The van der Waals surface area contributed by atoms with E-state index in [9.17, 15) is 9.59 Å². The summed E-state index contributed by atoms with van der Waals surface area (Å²) in [5.74, 6) is 0.112. The topological polar surface area (TPSA) is 75.6 Å². The number of aliphatic carboxylic acids is 1. The van der Waals surface area contributed by atoms with E-state index in [4.69, 9.17) is 9.94 Å². The highest BCUT2D eigenvalue weighted by molar-refractivity contribution is 5.74. The highest BCUT2D eigenvalue weighted by atomic mass is 16.6. The number of rotatable bonds is 8. The van der Waals surface area contributed by atoms with E-state index in [1.165, 1.54) is 6.08 Å². The molecule has 0 aliphatic heterocycles. The fraction of sp³-hybridized carbons (Fsp3) is 0.357. The maximum atomic E-state index is 11.1. The molecule has 0 saturated heterocycles. The summed E-state index contributed by atoms with van der Waals surface area (Å²) in [4.78, 5) is 26.7. The summed E-state index contributed by atoms with van der Waals surface area (Å²) in [5.41, 5.74) is 3.42. The van der Waals surface area contributed by atoms with Crippen molar-refractivity contribution in [2.24, 2.45) is 5.92 Å². The summed E-state index contributed by atoms with van der Waals surface area (Å²) in [5, 5.41) is 9.11. The van der Waals surface area contributed by atoms with Gasteiger partial charge in [0.05, 0.1) is 6.61 Å². The van der Waals surface area contributed by atoms with Crippen molar-refractivity contribution < 1.29 is 19.5 Å². The Morgan fingerprint density at radius 1 is 1.47 bits per heavy atom. The molecule has 1 aromatic carbocycles. The molecule has 0 saturated carbocycles. The van der Waals surface area contributed by atoms with Crippen molar-refractivity contribution in [3.8, 4) is 0 Å². The first-order chi connectivity index (χ1) is 9.19. The fourth-order valence-electron chi connectivity index (χ4n) is 1.65. The molecule has 102 valence electrons. The van der Waals surface area contributed by atoms with E-state index in [0.29, 0.717) is 6.42 Å². The van der Waals surface area contributed by atoms with Crippen molar-refractivity contribution in [3.05, 3.63) is 42.0 Å². The van der Waals surface area contributed by atoms with Gasteiger partial charge < -0.3 is 5.11 Å². The summed E-state index contributed by atoms with van der Waals surface area (Å²) in [6.07, 6.45) is 1.71. The van der Waals surface area contributed by atoms with Gasteiger partial charge in [0.15, 0.2) is 0 Å². The summed E-state index contributed by atoms with van der Waals surface area (Å²) in [7, 11) is 0. The number of hydrogen-bond donors (Lipinski definition) is 2. The van der Waals surface area contributed by atoms with Gasteiger partial charge in [0.25, 0.3) is 0 Å². The van der Waals surface area contributed by atoms with Gasteiger partial charge in [0, 0.05) is 12.0 Å².